The minimum absolute atomic E-state index is 0.110. The number of rotatable bonds is 1. The maximum Gasteiger partial charge on any atom is 0.155 e. The van der Waals surface area contributed by atoms with Crippen molar-refractivity contribution in [2.45, 2.75) is 72.6 Å². The fourth-order valence-corrected chi connectivity index (χ4v) is 7.49. The summed E-state index contributed by atoms with van der Waals surface area (Å²) in [5.74, 6) is 3.08. The summed E-state index contributed by atoms with van der Waals surface area (Å²) in [4.78, 5) is 12.0. The van der Waals surface area contributed by atoms with E-state index in [-0.39, 0.29) is 16.7 Å². The molecule has 3 saturated carbocycles. The fourth-order valence-electron chi connectivity index (χ4n) is 7.49. The zero-order chi connectivity index (χ0) is 18.7. The van der Waals surface area contributed by atoms with Crippen LogP contribution in [0.1, 0.15) is 72.6 Å². The summed E-state index contributed by atoms with van der Waals surface area (Å²) in [6.45, 7) is 9.45. The van der Waals surface area contributed by atoms with Gasteiger partial charge >= 0.3 is 0 Å². The van der Waals surface area contributed by atoms with E-state index in [4.69, 9.17) is 0 Å². The van der Waals surface area contributed by atoms with Gasteiger partial charge in [0.1, 0.15) is 0 Å². The first-order valence-electron chi connectivity index (χ1n) is 10.7. The van der Waals surface area contributed by atoms with Crippen molar-refractivity contribution in [1.82, 2.24) is 0 Å². The van der Waals surface area contributed by atoms with Crippen LogP contribution in [-0.2, 0) is 4.79 Å². The lowest BCUT2D eigenvalue weighted by atomic mass is 9.45. The smallest absolute Gasteiger partial charge is 0.155 e. The number of fused-ring (bicyclic) bond motifs is 5. The molecule has 0 amide bonds. The highest BCUT2D eigenvalue weighted by Crippen LogP contribution is 2.68. The molecule has 4 rings (SSSR count). The molecule has 0 bridgehead atoms. The lowest BCUT2D eigenvalue weighted by molar-refractivity contribution is -0.118. The normalized spacial score (nSPS) is 49.0. The SMILES string of the molecule is CCC=C1C[C@H]2[C@@H]3[C@H](C)CC4=CC(=O)CC[C@]4(C)[C@H]3CC[C@]2(C)[C@H]1C#N. The molecule has 0 aliphatic heterocycles. The number of ketones is 1. The first kappa shape index (κ1) is 18.0. The maximum absolute atomic E-state index is 12.0. The molecule has 0 aromatic heterocycles. The van der Waals surface area contributed by atoms with Crippen molar-refractivity contribution in [3.63, 3.8) is 0 Å². The van der Waals surface area contributed by atoms with E-state index in [1.807, 2.05) is 6.08 Å². The Balaban J connectivity index is 1.75. The van der Waals surface area contributed by atoms with Gasteiger partial charge in [0.15, 0.2) is 5.78 Å². The Kier molecular flexibility index (Phi) is 4.22. The van der Waals surface area contributed by atoms with E-state index in [0.717, 1.165) is 32.1 Å². The van der Waals surface area contributed by atoms with E-state index >= 15 is 0 Å². The number of allylic oxidation sites excluding steroid dienone is 3. The third-order valence-electron chi connectivity index (χ3n) is 8.83. The van der Waals surface area contributed by atoms with Crippen LogP contribution >= 0.6 is 0 Å². The molecule has 0 radical (unpaired) electrons. The summed E-state index contributed by atoms with van der Waals surface area (Å²) in [6.07, 6.45) is 11.7. The average Bonchev–Trinajstić information content (AvgIpc) is 2.88. The molecule has 0 aromatic rings. The van der Waals surface area contributed by atoms with E-state index < -0.39 is 0 Å². The lowest BCUT2D eigenvalue weighted by Crippen LogP contribution is -2.53. The van der Waals surface area contributed by atoms with Crippen LogP contribution in [0.2, 0.25) is 0 Å². The van der Waals surface area contributed by atoms with Gasteiger partial charge < -0.3 is 0 Å². The summed E-state index contributed by atoms with van der Waals surface area (Å²) < 4.78 is 0. The second-order valence-electron chi connectivity index (χ2n) is 10.0. The highest BCUT2D eigenvalue weighted by Gasteiger charge is 2.61. The summed E-state index contributed by atoms with van der Waals surface area (Å²) in [5.41, 5.74) is 3.21. The molecular weight excluding hydrogens is 318 g/mol. The quantitative estimate of drug-likeness (QED) is 0.556. The van der Waals surface area contributed by atoms with E-state index in [1.54, 1.807) is 0 Å². The first-order chi connectivity index (χ1) is 12.3. The third-order valence-corrected chi connectivity index (χ3v) is 8.83. The Bertz CT molecular complexity index is 725. The van der Waals surface area contributed by atoms with Crippen LogP contribution in [-0.4, -0.2) is 5.78 Å². The topological polar surface area (TPSA) is 40.9 Å². The van der Waals surface area contributed by atoms with Crippen molar-refractivity contribution >= 4 is 5.78 Å². The van der Waals surface area contributed by atoms with Gasteiger partial charge in [0, 0.05) is 6.42 Å². The Morgan fingerprint density at radius 3 is 2.73 bits per heavy atom. The molecule has 2 nitrogen and oxygen atoms in total. The minimum Gasteiger partial charge on any atom is -0.295 e. The summed E-state index contributed by atoms with van der Waals surface area (Å²) in [6, 6.07) is 2.70. The average molecular weight is 352 g/mol. The number of nitriles is 1. The fraction of sp³-hybridized carbons (Fsp3) is 0.750. The van der Waals surface area contributed by atoms with Crippen molar-refractivity contribution in [3.05, 3.63) is 23.3 Å². The molecular formula is C24H33NO. The van der Waals surface area contributed by atoms with Crippen LogP contribution in [0.3, 0.4) is 0 Å². The standard InChI is InChI=1S/C24H33NO/c1-5-6-16-12-20-22-15(2)11-17-13-18(26)7-9-23(17,3)19(22)8-10-24(20,4)21(16)14-25/h6,13,15,19-22H,5,7-12H2,1-4H3/t15-,19+,20+,21+,22-,23+,24+/m1/s1. The molecule has 0 unspecified atom stereocenters. The first-order valence-corrected chi connectivity index (χ1v) is 10.7. The molecule has 0 spiro atoms. The molecule has 4 aliphatic rings. The molecule has 0 heterocycles. The molecule has 0 aromatic carbocycles. The van der Waals surface area contributed by atoms with Gasteiger partial charge in [-0.1, -0.05) is 44.9 Å². The molecule has 26 heavy (non-hydrogen) atoms. The molecule has 3 fully saturated rings. The van der Waals surface area contributed by atoms with Crippen molar-refractivity contribution in [1.29, 1.82) is 5.26 Å². The molecule has 0 saturated heterocycles. The minimum atomic E-state index is 0.110. The lowest BCUT2D eigenvalue weighted by Gasteiger charge is -2.59. The highest BCUT2D eigenvalue weighted by molar-refractivity contribution is 5.91. The van der Waals surface area contributed by atoms with E-state index in [1.165, 1.54) is 24.0 Å². The Hall–Kier alpha value is -1.36. The van der Waals surface area contributed by atoms with E-state index in [9.17, 15) is 10.1 Å². The molecule has 7 atom stereocenters. The van der Waals surface area contributed by atoms with Crippen LogP contribution in [0, 0.1) is 51.8 Å². The predicted molar refractivity (Wildman–Crippen MR) is 104 cm³/mol. The maximum atomic E-state index is 12.0. The Labute approximate surface area is 158 Å². The zero-order valence-corrected chi connectivity index (χ0v) is 16.8. The van der Waals surface area contributed by atoms with Gasteiger partial charge in [-0.15, -0.1) is 0 Å². The van der Waals surface area contributed by atoms with Gasteiger partial charge in [-0.25, -0.2) is 0 Å². The highest BCUT2D eigenvalue weighted by atomic mass is 16.1. The van der Waals surface area contributed by atoms with Gasteiger partial charge in [0.25, 0.3) is 0 Å². The number of carbonyl (C=O) groups excluding carboxylic acids is 1. The Morgan fingerprint density at radius 2 is 2.04 bits per heavy atom. The molecule has 140 valence electrons. The van der Waals surface area contributed by atoms with Gasteiger partial charge in [-0.05, 0) is 79.1 Å². The molecule has 2 heteroatoms. The van der Waals surface area contributed by atoms with Gasteiger partial charge in [0.2, 0.25) is 0 Å². The monoisotopic (exact) mass is 351 g/mol. The zero-order valence-electron chi connectivity index (χ0n) is 16.8. The van der Waals surface area contributed by atoms with Gasteiger partial charge in [0.05, 0.1) is 12.0 Å². The second-order valence-corrected chi connectivity index (χ2v) is 10.0. The number of nitrogens with zero attached hydrogens (tertiary/aromatic N) is 1. The van der Waals surface area contributed by atoms with Crippen LogP contribution in [0.4, 0.5) is 0 Å². The van der Waals surface area contributed by atoms with Crippen LogP contribution in [0.15, 0.2) is 23.3 Å². The number of carbonyl (C=O) groups is 1. The van der Waals surface area contributed by atoms with Crippen LogP contribution < -0.4 is 0 Å². The predicted octanol–water partition coefficient (Wildman–Crippen LogP) is 5.85. The summed E-state index contributed by atoms with van der Waals surface area (Å²) in [5, 5.41) is 9.96. The van der Waals surface area contributed by atoms with Crippen LogP contribution in [0.25, 0.3) is 0 Å². The summed E-state index contributed by atoms with van der Waals surface area (Å²) >= 11 is 0. The largest absolute Gasteiger partial charge is 0.295 e. The number of hydrogen-bond donors (Lipinski definition) is 0. The van der Waals surface area contributed by atoms with Crippen molar-refractivity contribution in [3.8, 4) is 6.07 Å². The van der Waals surface area contributed by atoms with E-state index in [2.05, 4.69) is 39.8 Å². The molecule has 0 N–H and O–H groups in total. The van der Waals surface area contributed by atoms with Gasteiger partial charge in [-0.2, -0.15) is 5.26 Å². The van der Waals surface area contributed by atoms with Crippen molar-refractivity contribution in [2.24, 2.45) is 40.4 Å². The summed E-state index contributed by atoms with van der Waals surface area (Å²) in [7, 11) is 0. The van der Waals surface area contributed by atoms with Crippen molar-refractivity contribution < 1.29 is 4.79 Å². The third kappa shape index (κ3) is 2.32. The number of hydrogen-bond acceptors (Lipinski definition) is 2. The van der Waals surface area contributed by atoms with Crippen molar-refractivity contribution in [2.75, 3.05) is 0 Å². The van der Waals surface area contributed by atoms with Crippen LogP contribution in [0.5, 0.6) is 0 Å². The Morgan fingerprint density at radius 1 is 1.27 bits per heavy atom. The van der Waals surface area contributed by atoms with E-state index in [0.29, 0.717) is 29.5 Å². The molecule has 4 aliphatic carbocycles. The van der Waals surface area contributed by atoms with Gasteiger partial charge in [-0.3, -0.25) is 4.79 Å². The second kappa shape index (κ2) is 6.08.